The third-order valence-electron chi connectivity index (χ3n) is 5.66. The number of hydrogen-bond donors (Lipinski definition) is 2. The molecule has 2 N–H and O–H groups in total. The molecule has 0 spiro atoms. The molecule has 1 aliphatic heterocycles. The van der Waals surface area contributed by atoms with Crippen LogP contribution in [0.5, 0.6) is 0 Å². The van der Waals surface area contributed by atoms with E-state index in [0.29, 0.717) is 29.0 Å². The van der Waals surface area contributed by atoms with Crippen molar-refractivity contribution < 1.29 is 9.53 Å². The Hall–Kier alpha value is -2.64. The molecule has 0 radical (unpaired) electrons. The summed E-state index contributed by atoms with van der Waals surface area (Å²) < 4.78 is 7.44. The molecule has 30 heavy (non-hydrogen) atoms. The Morgan fingerprint density at radius 2 is 2.17 bits per heavy atom. The second-order valence-corrected chi connectivity index (χ2v) is 8.44. The van der Waals surface area contributed by atoms with Crippen LogP contribution in [0.3, 0.4) is 0 Å². The van der Waals surface area contributed by atoms with Gasteiger partial charge in [0.1, 0.15) is 0 Å². The molecule has 2 aromatic heterocycles. The quantitative estimate of drug-likeness (QED) is 0.627. The summed E-state index contributed by atoms with van der Waals surface area (Å²) in [6.45, 7) is 3.48. The fraction of sp³-hybridized carbons (Fsp3) is 0.409. The highest BCUT2D eigenvalue weighted by Crippen LogP contribution is 2.28. The lowest BCUT2D eigenvalue weighted by molar-refractivity contribution is 0.0950. The highest BCUT2D eigenvalue weighted by molar-refractivity contribution is 6.29. The zero-order valence-electron chi connectivity index (χ0n) is 16.8. The van der Waals surface area contributed by atoms with Crippen molar-refractivity contribution >= 4 is 28.8 Å². The van der Waals surface area contributed by atoms with E-state index in [1.54, 1.807) is 16.8 Å². The second kappa shape index (κ2) is 7.89. The second-order valence-electron chi connectivity index (χ2n) is 8.05. The van der Waals surface area contributed by atoms with Gasteiger partial charge in [0, 0.05) is 36.4 Å². The monoisotopic (exact) mass is 425 g/mol. The maximum atomic E-state index is 12.4. The van der Waals surface area contributed by atoms with Crippen LogP contribution in [0.25, 0.3) is 16.9 Å². The molecule has 0 bridgehead atoms. The van der Waals surface area contributed by atoms with E-state index in [1.165, 1.54) is 0 Å². The maximum Gasteiger partial charge on any atom is 0.251 e. The maximum absolute atomic E-state index is 12.4. The van der Waals surface area contributed by atoms with Gasteiger partial charge in [0.15, 0.2) is 10.8 Å². The highest BCUT2D eigenvalue weighted by Gasteiger charge is 2.24. The first-order valence-electron chi connectivity index (χ1n) is 10.4. The standard InChI is InChI=1S/C22H24ClN5O2/c1-13-9-14(4-7-17(13)22(29)26-15-5-6-15)19-12-25-21-18(10-20(23)27-28(19)21)24-11-16-3-2-8-30-16/h4,7,9-10,12,15-16,24H,2-3,5-6,8,11H2,1H3,(H,26,29)/t16-/m1/s1. The SMILES string of the molecule is Cc1cc(-c2cnc3c(NC[C@H]4CCCO4)cc(Cl)nn23)ccc1C(=O)NC1CC1. The van der Waals surface area contributed by atoms with Crippen molar-refractivity contribution in [1.29, 1.82) is 0 Å². The van der Waals surface area contributed by atoms with Gasteiger partial charge < -0.3 is 15.4 Å². The number of nitrogens with one attached hydrogen (secondary N) is 2. The molecular formula is C22H24ClN5O2. The normalized spacial score (nSPS) is 18.7. The number of aromatic nitrogens is 3. The summed E-state index contributed by atoms with van der Waals surface area (Å²) in [7, 11) is 0. The van der Waals surface area contributed by atoms with Crippen molar-refractivity contribution in [3.8, 4) is 11.3 Å². The number of ether oxygens (including phenoxy) is 1. The molecular weight excluding hydrogens is 402 g/mol. The first kappa shape index (κ1) is 19.3. The average Bonchev–Trinajstić information content (AvgIpc) is 3.21. The molecule has 1 saturated carbocycles. The molecule has 7 nitrogen and oxygen atoms in total. The van der Waals surface area contributed by atoms with Crippen molar-refractivity contribution in [1.82, 2.24) is 19.9 Å². The van der Waals surface area contributed by atoms with Crippen LogP contribution in [0.15, 0.2) is 30.5 Å². The zero-order valence-corrected chi connectivity index (χ0v) is 17.6. The van der Waals surface area contributed by atoms with E-state index in [2.05, 4.69) is 20.7 Å². The number of rotatable bonds is 6. The molecule has 156 valence electrons. The molecule has 1 aliphatic carbocycles. The minimum atomic E-state index is -0.0125. The van der Waals surface area contributed by atoms with E-state index in [1.807, 2.05) is 25.1 Å². The lowest BCUT2D eigenvalue weighted by Gasteiger charge is -2.13. The molecule has 3 aromatic rings. The number of carbonyl (C=O) groups excluding carboxylic acids is 1. The predicted octanol–water partition coefficient (Wildman–Crippen LogP) is 3.84. The van der Waals surface area contributed by atoms with Crippen LogP contribution in [0.2, 0.25) is 5.15 Å². The van der Waals surface area contributed by atoms with Crippen LogP contribution in [0.1, 0.15) is 41.6 Å². The van der Waals surface area contributed by atoms with Crippen molar-refractivity contribution in [2.45, 2.75) is 44.8 Å². The van der Waals surface area contributed by atoms with Crippen molar-refractivity contribution in [3.05, 3.63) is 46.7 Å². The summed E-state index contributed by atoms with van der Waals surface area (Å²) in [6.07, 6.45) is 6.29. The molecule has 1 amide bonds. The van der Waals surface area contributed by atoms with Gasteiger partial charge >= 0.3 is 0 Å². The van der Waals surface area contributed by atoms with Gasteiger partial charge in [-0.25, -0.2) is 9.50 Å². The molecule has 2 fully saturated rings. The predicted molar refractivity (Wildman–Crippen MR) is 116 cm³/mol. The first-order chi connectivity index (χ1) is 14.6. The summed E-state index contributed by atoms with van der Waals surface area (Å²) in [5, 5.41) is 11.3. The summed E-state index contributed by atoms with van der Waals surface area (Å²) >= 11 is 6.30. The number of hydrogen-bond acceptors (Lipinski definition) is 5. The van der Waals surface area contributed by atoms with E-state index in [9.17, 15) is 4.79 Å². The van der Waals surface area contributed by atoms with Crippen LogP contribution in [-0.4, -0.2) is 45.8 Å². The molecule has 8 heteroatoms. The molecule has 1 saturated heterocycles. The van der Waals surface area contributed by atoms with Gasteiger partial charge in [0.2, 0.25) is 0 Å². The Kier molecular flexibility index (Phi) is 5.08. The molecule has 1 aromatic carbocycles. The largest absolute Gasteiger partial charge is 0.379 e. The zero-order chi connectivity index (χ0) is 20.7. The van der Waals surface area contributed by atoms with Crippen LogP contribution in [0.4, 0.5) is 5.69 Å². The van der Waals surface area contributed by atoms with Gasteiger partial charge in [-0.3, -0.25) is 4.79 Å². The van der Waals surface area contributed by atoms with E-state index >= 15 is 0 Å². The number of anilines is 1. The van der Waals surface area contributed by atoms with Crippen LogP contribution in [0, 0.1) is 6.92 Å². The summed E-state index contributed by atoms with van der Waals surface area (Å²) in [5.74, 6) is -0.0125. The molecule has 1 atom stereocenters. The molecule has 5 rings (SSSR count). The Labute approximate surface area is 179 Å². The van der Waals surface area contributed by atoms with E-state index < -0.39 is 0 Å². The van der Waals surface area contributed by atoms with Gasteiger partial charge in [-0.05, 0) is 50.3 Å². The number of fused-ring (bicyclic) bond motifs is 1. The van der Waals surface area contributed by atoms with Crippen molar-refractivity contribution in [3.63, 3.8) is 0 Å². The molecule has 0 unspecified atom stereocenters. The Morgan fingerprint density at radius 1 is 1.30 bits per heavy atom. The number of nitrogens with zero attached hydrogens (tertiary/aromatic N) is 3. The van der Waals surface area contributed by atoms with Crippen LogP contribution in [-0.2, 0) is 4.74 Å². The third kappa shape index (κ3) is 3.87. The smallest absolute Gasteiger partial charge is 0.251 e. The van der Waals surface area contributed by atoms with Gasteiger partial charge in [-0.2, -0.15) is 5.10 Å². The molecule has 3 heterocycles. The number of amides is 1. The Balaban J connectivity index is 1.44. The fourth-order valence-corrected chi connectivity index (χ4v) is 4.05. The molecule has 2 aliphatic rings. The van der Waals surface area contributed by atoms with E-state index in [-0.39, 0.29) is 12.0 Å². The van der Waals surface area contributed by atoms with Crippen molar-refractivity contribution in [2.24, 2.45) is 0 Å². The summed E-state index contributed by atoms with van der Waals surface area (Å²) in [4.78, 5) is 17.0. The number of carbonyl (C=O) groups is 1. The van der Waals surface area contributed by atoms with Crippen LogP contribution >= 0.6 is 11.6 Å². The Bertz CT molecular complexity index is 1100. The van der Waals surface area contributed by atoms with E-state index in [4.69, 9.17) is 16.3 Å². The highest BCUT2D eigenvalue weighted by atomic mass is 35.5. The van der Waals surface area contributed by atoms with Crippen molar-refractivity contribution in [2.75, 3.05) is 18.5 Å². The minimum absolute atomic E-state index is 0.0125. The lowest BCUT2D eigenvalue weighted by atomic mass is 10.0. The number of halogens is 1. The first-order valence-corrected chi connectivity index (χ1v) is 10.8. The third-order valence-corrected chi connectivity index (χ3v) is 5.85. The minimum Gasteiger partial charge on any atom is -0.379 e. The Morgan fingerprint density at radius 3 is 2.90 bits per heavy atom. The number of imidazole rings is 1. The van der Waals surface area contributed by atoms with Gasteiger partial charge in [-0.1, -0.05) is 17.7 Å². The fourth-order valence-electron chi connectivity index (χ4n) is 3.86. The van der Waals surface area contributed by atoms with Gasteiger partial charge in [0.05, 0.1) is 23.7 Å². The average molecular weight is 426 g/mol. The van der Waals surface area contributed by atoms with Gasteiger partial charge in [-0.15, -0.1) is 0 Å². The van der Waals surface area contributed by atoms with Crippen LogP contribution < -0.4 is 10.6 Å². The summed E-state index contributed by atoms with van der Waals surface area (Å²) in [5.41, 5.74) is 4.91. The lowest BCUT2D eigenvalue weighted by Crippen LogP contribution is -2.26. The topological polar surface area (TPSA) is 80.6 Å². The number of aryl methyl sites for hydroxylation is 1. The van der Waals surface area contributed by atoms with E-state index in [0.717, 1.165) is 54.8 Å². The summed E-state index contributed by atoms with van der Waals surface area (Å²) in [6, 6.07) is 7.91. The number of benzene rings is 1. The van der Waals surface area contributed by atoms with Gasteiger partial charge in [0.25, 0.3) is 5.91 Å².